The van der Waals surface area contributed by atoms with E-state index in [1.165, 1.54) is 49.2 Å². The van der Waals surface area contributed by atoms with Crippen LogP contribution < -0.4 is 0 Å². The lowest BCUT2D eigenvalue weighted by Crippen LogP contribution is -2.37. The molecule has 27 heavy (non-hydrogen) atoms. The van der Waals surface area contributed by atoms with Crippen LogP contribution in [0, 0.1) is 0 Å². The molecule has 0 saturated carbocycles. The third kappa shape index (κ3) is 5.36. The molecule has 1 aromatic carbocycles. The lowest BCUT2D eigenvalue weighted by atomic mass is 10.00. The standard InChI is InChI=1S/C12H17N.C11H17N3/c1-2-8-13-9-7-11-5-3-4-6-12(11)10-13;1-3-9(2)14-5-4-11-10(7-14)6-12-8-13-11/h3-6H,2,7-10H2,1H3;6,8-9H,3-5,7H2,1-2H3. The normalized spacial score (nSPS) is 18.0. The second-order valence-electron chi connectivity index (χ2n) is 7.77. The van der Waals surface area contributed by atoms with Crippen LogP contribution in [-0.4, -0.2) is 45.4 Å². The lowest BCUT2D eigenvalue weighted by Gasteiger charge is -2.32. The zero-order valence-corrected chi connectivity index (χ0v) is 17.2. The number of hydrogen-bond donors (Lipinski definition) is 0. The Labute approximate surface area is 164 Å². The average molecular weight is 367 g/mol. The van der Waals surface area contributed by atoms with E-state index in [1.54, 1.807) is 11.9 Å². The van der Waals surface area contributed by atoms with Crippen LogP contribution in [0.3, 0.4) is 0 Å². The second kappa shape index (κ2) is 9.95. The van der Waals surface area contributed by atoms with Gasteiger partial charge in [0.05, 0.1) is 0 Å². The summed E-state index contributed by atoms with van der Waals surface area (Å²) in [5.41, 5.74) is 5.62. The van der Waals surface area contributed by atoms with Gasteiger partial charge in [0, 0.05) is 56.1 Å². The fourth-order valence-electron chi connectivity index (χ4n) is 3.98. The maximum atomic E-state index is 4.30. The average Bonchev–Trinajstić information content (AvgIpc) is 2.73. The van der Waals surface area contributed by atoms with Gasteiger partial charge in [-0.15, -0.1) is 0 Å². The summed E-state index contributed by atoms with van der Waals surface area (Å²) in [4.78, 5) is 13.4. The smallest absolute Gasteiger partial charge is 0.115 e. The number of aromatic nitrogens is 2. The zero-order chi connectivity index (χ0) is 19.1. The predicted molar refractivity (Wildman–Crippen MR) is 112 cm³/mol. The van der Waals surface area contributed by atoms with E-state index in [9.17, 15) is 0 Å². The predicted octanol–water partition coefficient (Wildman–Crippen LogP) is 4.09. The third-order valence-electron chi connectivity index (χ3n) is 5.85. The van der Waals surface area contributed by atoms with Crippen molar-refractivity contribution in [3.8, 4) is 0 Å². The van der Waals surface area contributed by atoms with Crippen molar-refractivity contribution in [1.82, 2.24) is 19.8 Å². The van der Waals surface area contributed by atoms with Gasteiger partial charge in [-0.1, -0.05) is 38.1 Å². The molecule has 0 fully saturated rings. The highest BCUT2D eigenvalue weighted by Gasteiger charge is 2.20. The van der Waals surface area contributed by atoms with Crippen molar-refractivity contribution in [2.75, 3.05) is 19.6 Å². The number of hydrogen-bond acceptors (Lipinski definition) is 4. The molecule has 0 aliphatic carbocycles. The number of benzene rings is 1. The molecule has 3 heterocycles. The van der Waals surface area contributed by atoms with E-state index in [1.807, 2.05) is 6.20 Å². The van der Waals surface area contributed by atoms with Gasteiger partial charge in [-0.25, -0.2) is 9.97 Å². The highest BCUT2D eigenvalue weighted by Crippen LogP contribution is 2.19. The topological polar surface area (TPSA) is 32.3 Å². The molecule has 2 aliphatic heterocycles. The van der Waals surface area contributed by atoms with Crippen molar-refractivity contribution >= 4 is 0 Å². The van der Waals surface area contributed by atoms with Gasteiger partial charge in [-0.3, -0.25) is 9.80 Å². The van der Waals surface area contributed by atoms with Crippen molar-refractivity contribution in [1.29, 1.82) is 0 Å². The number of nitrogens with zero attached hydrogens (tertiary/aromatic N) is 4. The van der Waals surface area contributed by atoms with Crippen molar-refractivity contribution in [2.24, 2.45) is 0 Å². The van der Waals surface area contributed by atoms with Crippen LogP contribution in [0.2, 0.25) is 0 Å². The molecule has 0 radical (unpaired) electrons. The van der Waals surface area contributed by atoms with E-state index in [4.69, 9.17) is 0 Å². The quantitative estimate of drug-likeness (QED) is 0.816. The van der Waals surface area contributed by atoms with Gasteiger partial charge in [-0.2, -0.15) is 0 Å². The molecule has 0 spiro atoms. The minimum absolute atomic E-state index is 0.670. The minimum atomic E-state index is 0.670. The van der Waals surface area contributed by atoms with E-state index < -0.39 is 0 Å². The van der Waals surface area contributed by atoms with Crippen molar-refractivity contribution in [2.45, 2.75) is 65.6 Å². The SMILES string of the molecule is CCC(C)N1CCc2ncncc2C1.CCCN1CCc2ccccc2C1. The van der Waals surface area contributed by atoms with Gasteiger partial charge in [0.15, 0.2) is 0 Å². The molecule has 0 bridgehead atoms. The second-order valence-corrected chi connectivity index (χ2v) is 7.77. The fourth-order valence-corrected chi connectivity index (χ4v) is 3.98. The van der Waals surface area contributed by atoms with Gasteiger partial charge >= 0.3 is 0 Å². The lowest BCUT2D eigenvalue weighted by molar-refractivity contribution is 0.184. The first-order valence-electron chi connectivity index (χ1n) is 10.5. The Kier molecular flexibility index (Phi) is 7.36. The Morgan fingerprint density at radius 1 is 1.00 bits per heavy atom. The summed E-state index contributed by atoms with van der Waals surface area (Å²) >= 11 is 0. The summed E-state index contributed by atoms with van der Waals surface area (Å²) in [5, 5.41) is 0. The van der Waals surface area contributed by atoms with Crippen LogP contribution in [0.25, 0.3) is 0 Å². The number of fused-ring (bicyclic) bond motifs is 2. The van der Waals surface area contributed by atoms with Gasteiger partial charge in [0.25, 0.3) is 0 Å². The summed E-state index contributed by atoms with van der Waals surface area (Å²) in [6.45, 7) is 12.6. The van der Waals surface area contributed by atoms with E-state index in [0.29, 0.717) is 6.04 Å². The fraction of sp³-hybridized carbons (Fsp3) is 0.565. The Hall–Kier alpha value is -1.78. The van der Waals surface area contributed by atoms with Crippen LogP contribution in [0.5, 0.6) is 0 Å². The Morgan fingerprint density at radius 3 is 2.59 bits per heavy atom. The van der Waals surface area contributed by atoms with E-state index in [0.717, 1.165) is 26.1 Å². The van der Waals surface area contributed by atoms with Crippen LogP contribution in [0.15, 0.2) is 36.8 Å². The minimum Gasteiger partial charge on any atom is -0.299 e. The summed E-state index contributed by atoms with van der Waals surface area (Å²) in [6.07, 6.45) is 8.39. The first kappa shape index (κ1) is 20.0. The maximum Gasteiger partial charge on any atom is 0.115 e. The molecule has 2 aliphatic rings. The van der Waals surface area contributed by atoms with Crippen LogP contribution in [0.4, 0.5) is 0 Å². The molecular weight excluding hydrogens is 332 g/mol. The molecule has 4 rings (SSSR count). The van der Waals surface area contributed by atoms with Gasteiger partial charge in [0.1, 0.15) is 6.33 Å². The summed E-state index contributed by atoms with van der Waals surface area (Å²) in [7, 11) is 0. The molecule has 2 aromatic rings. The molecule has 0 saturated heterocycles. The van der Waals surface area contributed by atoms with Crippen molar-refractivity contribution in [3.63, 3.8) is 0 Å². The molecular formula is C23H34N4. The third-order valence-corrected chi connectivity index (χ3v) is 5.85. The maximum absolute atomic E-state index is 4.30. The van der Waals surface area contributed by atoms with Crippen molar-refractivity contribution < 1.29 is 0 Å². The van der Waals surface area contributed by atoms with Crippen molar-refractivity contribution in [3.05, 3.63) is 59.2 Å². The summed E-state index contributed by atoms with van der Waals surface area (Å²) in [5.74, 6) is 0. The molecule has 1 atom stereocenters. The van der Waals surface area contributed by atoms with Gasteiger partial charge in [-0.05, 0) is 43.9 Å². The molecule has 1 unspecified atom stereocenters. The molecule has 4 nitrogen and oxygen atoms in total. The Bertz CT molecular complexity index is 715. The highest BCUT2D eigenvalue weighted by atomic mass is 15.2. The largest absolute Gasteiger partial charge is 0.299 e. The Morgan fingerprint density at radius 2 is 1.81 bits per heavy atom. The van der Waals surface area contributed by atoms with E-state index >= 15 is 0 Å². The van der Waals surface area contributed by atoms with E-state index in [2.05, 4.69) is 64.8 Å². The molecule has 0 amide bonds. The molecule has 146 valence electrons. The molecule has 4 heteroatoms. The van der Waals surface area contributed by atoms with Crippen LogP contribution >= 0.6 is 0 Å². The molecule has 0 N–H and O–H groups in total. The molecule has 1 aromatic heterocycles. The first-order chi connectivity index (χ1) is 13.2. The Balaban J connectivity index is 0.000000156. The number of rotatable bonds is 4. The summed E-state index contributed by atoms with van der Waals surface area (Å²) < 4.78 is 0. The van der Waals surface area contributed by atoms with Gasteiger partial charge < -0.3 is 0 Å². The van der Waals surface area contributed by atoms with E-state index in [-0.39, 0.29) is 0 Å². The van der Waals surface area contributed by atoms with Gasteiger partial charge in [0.2, 0.25) is 0 Å². The van der Waals surface area contributed by atoms with Crippen LogP contribution in [0.1, 0.15) is 56.0 Å². The van der Waals surface area contributed by atoms with Crippen LogP contribution in [-0.2, 0) is 25.9 Å². The summed E-state index contributed by atoms with van der Waals surface area (Å²) in [6, 6.07) is 9.49. The monoisotopic (exact) mass is 366 g/mol. The zero-order valence-electron chi connectivity index (χ0n) is 17.2. The first-order valence-corrected chi connectivity index (χ1v) is 10.5. The highest BCUT2D eigenvalue weighted by molar-refractivity contribution is 5.29.